The van der Waals surface area contributed by atoms with Gasteiger partial charge in [-0.1, -0.05) is 42.0 Å². The predicted molar refractivity (Wildman–Crippen MR) is 113 cm³/mol. The number of allylic oxidation sites excluding steroid dienone is 1. The van der Waals surface area contributed by atoms with Crippen molar-refractivity contribution in [2.45, 2.75) is 13.8 Å². The molecule has 0 saturated carbocycles. The van der Waals surface area contributed by atoms with Gasteiger partial charge in [0.2, 0.25) is 5.78 Å². The van der Waals surface area contributed by atoms with E-state index in [0.717, 1.165) is 11.1 Å². The van der Waals surface area contributed by atoms with Gasteiger partial charge in [-0.2, -0.15) is 0 Å². The topological polar surface area (TPSA) is 61.8 Å². The second-order valence-electron chi connectivity index (χ2n) is 7.06. The predicted octanol–water partition coefficient (Wildman–Crippen LogP) is 5.15. The van der Waals surface area contributed by atoms with Gasteiger partial charge in [0.15, 0.2) is 5.76 Å². The number of hydrogen-bond donors (Lipinski definition) is 0. The molecule has 4 rings (SSSR count). The molecule has 5 heteroatoms. The van der Waals surface area contributed by atoms with Crippen LogP contribution in [0.3, 0.4) is 0 Å². The van der Waals surface area contributed by atoms with Crippen LogP contribution < -0.4 is 14.2 Å². The van der Waals surface area contributed by atoms with Gasteiger partial charge in [0.25, 0.3) is 0 Å². The normalized spacial score (nSPS) is 13.7. The van der Waals surface area contributed by atoms with Gasteiger partial charge in [0.1, 0.15) is 22.8 Å². The van der Waals surface area contributed by atoms with Crippen LogP contribution >= 0.6 is 0 Å². The van der Waals surface area contributed by atoms with Gasteiger partial charge < -0.3 is 14.2 Å². The molecule has 0 radical (unpaired) electrons. The molecule has 0 saturated heterocycles. The van der Waals surface area contributed by atoms with Crippen molar-refractivity contribution in [3.63, 3.8) is 0 Å². The van der Waals surface area contributed by atoms with Gasteiger partial charge in [-0.3, -0.25) is 4.79 Å². The van der Waals surface area contributed by atoms with Gasteiger partial charge >= 0.3 is 5.97 Å². The number of esters is 1. The first-order valence-electron chi connectivity index (χ1n) is 9.47. The van der Waals surface area contributed by atoms with Gasteiger partial charge in [0.05, 0.1) is 12.7 Å². The van der Waals surface area contributed by atoms with Gasteiger partial charge in [-0.15, -0.1) is 0 Å². The molecule has 5 nitrogen and oxygen atoms in total. The number of aryl methyl sites for hydroxylation is 2. The van der Waals surface area contributed by atoms with Crippen LogP contribution in [0.2, 0.25) is 0 Å². The Hall–Kier alpha value is -3.86. The summed E-state index contributed by atoms with van der Waals surface area (Å²) in [5.41, 5.74) is 3.44. The van der Waals surface area contributed by atoms with Crippen LogP contribution in [0, 0.1) is 13.8 Å². The minimum atomic E-state index is -0.549. The quantitative estimate of drug-likeness (QED) is 0.344. The third-order valence-corrected chi connectivity index (χ3v) is 4.82. The van der Waals surface area contributed by atoms with E-state index >= 15 is 0 Å². The highest BCUT2D eigenvalue weighted by molar-refractivity contribution is 6.15. The first-order valence-corrected chi connectivity index (χ1v) is 9.47. The molecule has 0 bridgehead atoms. The Kier molecular flexibility index (Phi) is 5.11. The van der Waals surface area contributed by atoms with E-state index in [2.05, 4.69) is 0 Å². The van der Waals surface area contributed by atoms with Crippen molar-refractivity contribution >= 4 is 17.8 Å². The van der Waals surface area contributed by atoms with Crippen molar-refractivity contribution < 1.29 is 23.8 Å². The number of carbonyl (C=O) groups excluding carboxylic acids is 2. The highest BCUT2D eigenvalue weighted by Gasteiger charge is 2.30. The molecule has 30 heavy (non-hydrogen) atoms. The minimum absolute atomic E-state index is 0.188. The Morgan fingerprint density at radius 2 is 1.80 bits per heavy atom. The smallest absolute Gasteiger partial charge is 0.347 e. The molecule has 3 aromatic rings. The number of Topliss-reactive ketones (excluding diaryl/α,β-unsaturated/α-hetero) is 1. The maximum Gasteiger partial charge on any atom is 0.347 e. The fraction of sp³-hybridized carbons (Fsp3) is 0.120. The van der Waals surface area contributed by atoms with Crippen LogP contribution in [0.15, 0.2) is 66.4 Å². The molecule has 0 spiro atoms. The fourth-order valence-electron chi connectivity index (χ4n) is 3.42. The Labute approximate surface area is 174 Å². The van der Waals surface area contributed by atoms with Gasteiger partial charge in [-0.25, -0.2) is 4.79 Å². The Morgan fingerprint density at radius 3 is 2.57 bits per heavy atom. The Morgan fingerprint density at radius 1 is 1.00 bits per heavy atom. The number of hydrogen-bond acceptors (Lipinski definition) is 5. The van der Waals surface area contributed by atoms with Crippen molar-refractivity contribution in [3.05, 3.63) is 94.2 Å². The van der Waals surface area contributed by atoms with Crippen molar-refractivity contribution in [1.29, 1.82) is 0 Å². The van der Waals surface area contributed by atoms with E-state index in [1.165, 1.54) is 7.11 Å². The monoisotopic (exact) mass is 400 g/mol. The zero-order chi connectivity index (χ0) is 21.3. The number of benzene rings is 3. The first kappa shape index (κ1) is 19.5. The summed E-state index contributed by atoms with van der Waals surface area (Å²) in [6.07, 6.45) is 1.72. The van der Waals surface area contributed by atoms with E-state index in [4.69, 9.17) is 14.2 Å². The van der Waals surface area contributed by atoms with Crippen LogP contribution in [-0.2, 0) is 0 Å². The molecular weight excluding hydrogens is 380 g/mol. The molecular formula is C25H20O5. The van der Waals surface area contributed by atoms with Crippen LogP contribution in [0.4, 0.5) is 0 Å². The van der Waals surface area contributed by atoms with E-state index < -0.39 is 5.97 Å². The lowest BCUT2D eigenvalue weighted by Crippen LogP contribution is -2.10. The zero-order valence-electron chi connectivity index (χ0n) is 16.9. The summed E-state index contributed by atoms with van der Waals surface area (Å²) in [7, 11) is 1.49. The van der Waals surface area contributed by atoms with Crippen molar-refractivity contribution in [3.8, 4) is 17.2 Å². The standard InChI is InChI=1S/C25H20O5/c1-15-7-6-8-17(11-15)13-22-24(26)23-16(2)12-18(14-21(23)30-22)29-25(27)19-9-4-5-10-20(19)28-3/h4-14H,1-3H3/b22-13-. The van der Waals surface area contributed by atoms with Crippen molar-refractivity contribution in [1.82, 2.24) is 0 Å². The largest absolute Gasteiger partial charge is 0.496 e. The Balaban J connectivity index is 1.62. The highest BCUT2D eigenvalue weighted by Crippen LogP contribution is 2.38. The number of carbonyl (C=O) groups is 2. The summed E-state index contributed by atoms with van der Waals surface area (Å²) in [5.74, 6) is 0.605. The molecule has 0 atom stereocenters. The van der Waals surface area contributed by atoms with E-state index in [1.807, 2.05) is 31.2 Å². The summed E-state index contributed by atoms with van der Waals surface area (Å²) in [6.45, 7) is 3.77. The van der Waals surface area contributed by atoms with Crippen LogP contribution in [0.25, 0.3) is 6.08 Å². The van der Waals surface area contributed by atoms with E-state index in [0.29, 0.717) is 33.9 Å². The summed E-state index contributed by atoms with van der Waals surface area (Å²) < 4.78 is 16.6. The van der Waals surface area contributed by atoms with Crippen LogP contribution in [-0.4, -0.2) is 18.9 Å². The number of methoxy groups -OCH3 is 1. The first-order chi connectivity index (χ1) is 14.5. The summed E-state index contributed by atoms with van der Waals surface area (Å²) in [4.78, 5) is 25.4. The second-order valence-corrected chi connectivity index (χ2v) is 7.06. The van der Waals surface area contributed by atoms with Gasteiger partial charge in [-0.05, 0) is 49.2 Å². The van der Waals surface area contributed by atoms with E-state index in [-0.39, 0.29) is 11.5 Å². The summed E-state index contributed by atoms with van der Waals surface area (Å²) in [6, 6.07) is 17.8. The zero-order valence-corrected chi connectivity index (χ0v) is 16.9. The number of rotatable bonds is 4. The average molecular weight is 400 g/mol. The lowest BCUT2D eigenvalue weighted by molar-refractivity contribution is 0.0731. The summed E-state index contributed by atoms with van der Waals surface area (Å²) in [5, 5.41) is 0. The van der Waals surface area contributed by atoms with Crippen LogP contribution in [0.1, 0.15) is 37.4 Å². The van der Waals surface area contributed by atoms with Crippen molar-refractivity contribution in [2.24, 2.45) is 0 Å². The number of ether oxygens (including phenoxy) is 3. The SMILES string of the molecule is COc1ccccc1C(=O)Oc1cc(C)c2c(c1)O/C(=C\c1cccc(C)c1)C2=O. The number of ketones is 1. The van der Waals surface area contributed by atoms with E-state index in [9.17, 15) is 9.59 Å². The fourth-order valence-corrected chi connectivity index (χ4v) is 3.42. The maximum absolute atomic E-state index is 12.8. The molecule has 0 fully saturated rings. The molecule has 3 aromatic carbocycles. The van der Waals surface area contributed by atoms with Gasteiger partial charge in [0, 0.05) is 6.07 Å². The molecule has 1 aliphatic rings. The molecule has 0 aromatic heterocycles. The third-order valence-electron chi connectivity index (χ3n) is 4.82. The average Bonchev–Trinajstić information content (AvgIpc) is 3.03. The third kappa shape index (κ3) is 3.70. The van der Waals surface area contributed by atoms with Crippen LogP contribution in [0.5, 0.6) is 17.2 Å². The lowest BCUT2D eigenvalue weighted by Gasteiger charge is -2.10. The molecule has 1 heterocycles. The molecule has 0 unspecified atom stereocenters. The number of para-hydroxylation sites is 1. The molecule has 150 valence electrons. The van der Waals surface area contributed by atoms with E-state index in [1.54, 1.807) is 49.4 Å². The molecule has 0 amide bonds. The maximum atomic E-state index is 12.8. The second kappa shape index (κ2) is 7.87. The number of fused-ring (bicyclic) bond motifs is 1. The Bertz CT molecular complexity index is 1190. The lowest BCUT2D eigenvalue weighted by atomic mass is 10.0. The molecule has 0 aliphatic carbocycles. The highest BCUT2D eigenvalue weighted by atomic mass is 16.5. The summed E-state index contributed by atoms with van der Waals surface area (Å²) >= 11 is 0. The van der Waals surface area contributed by atoms with Crippen molar-refractivity contribution in [2.75, 3.05) is 7.11 Å². The minimum Gasteiger partial charge on any atom is -0.496 e. The molecule has 0 N–H and O–H groups in total. The molecule has 1 aliphatic heterocycles.